The molecule has 1 aliphatic carbocycles. The van der Waals surface area contributed by atoms with Gasteiger partial charge in [0.2, 0.25) is 5.91 Å². The van der Waals surface area contributed by atoms with E-state index in [4.69, 9.17) is 0 Å². The topological polar surface area (TPSA) is 103 Å². The summed E-state index contributed by atoms with van der Waals surface area (Å²) in [5, 5.41) is 3.66. The van der Waals surface area contributed by atoms with Crippen molar-refractivity contribution in [2.24, 2.45) is 5.92 Å². The fourth-order valence-corrected chi connectivity index (χ4v) is 4.25. The number of carbonyl (C=O) groups is 3. The molecule has 0 saturated heterocycles. The van der Waals surface area contributed by atoms with Gasteiger partial charge in [0.1, 0.15) is 11.9 Å². The Morgan fingerprint density at radius 2 is 1.70 bits per heavy atom. The number of para-hydroxylation sites is 1. The molecule has 1 saturated carbocycles. The van der Waals surface area contributed by atoms with Crippen LogP contribution in [0.1, 0.15) is 48.0 Å². The van der Waals surface area contributed by atoms with Crippen LogP contribution in [0.3, 0.4) is 0 Å². The van der Waals surface area contributed by atoms with Crippen LogP contribution in [-0.4, -0.2) is 28.7 Å². The summed E-state index contributed by atoms with van der Waals surface area (Å²) in [7, 11) is 0. The lowest BCUT2D eigenvalue weighted by atomic mass is 9.89. The first-order chi connectivity index (χ1) is 16.0. The molecule has 0 aliphatic heterocycles. The van der Waals surface area contributed by atoms with Crippen LogP contribution in [0.2, 0.25) is 0 Å². The van der Waals surface area contributed by atoms with E-state index in [0.29, 0.717) is 0 Å². The van der Waals surface area contributed by atoms with Crippen molar-refractivity contribution in [2.45, 2.75) is 44.6 Å². The predicted molar refractivity (Wildman–Crippen MR) is 123 cm³/mol. The van der Waals surface area contributed by atoms with Crippen LogP contribution in [0.25, 0.3) is 10.9 Å². The maximum atomic E-state index is 13.2. The number of fused-ring (bicyclic) bond motifs is 1. The number of carbonyl (C=O) groups excluding carboxylic acids is 3. The number of benzene rings is 2. The number of hydrogen-bond donors (Lipinski definition) is 4. The Labute approximate surface area is 191 Å². The standard InChI is InChI=1S/C25H27FN4O3/c26-19-12-10-17(11-13-19)23(31)28-22(14-18-15-27-21-9-5-4-8-20(18)21)25(33)30-29-24(32)16-6-2-1-3-7-16/h4-5,8-13,15-16,22,27H,1-3,6-7,14H2,(H,28,31)(H,29,32)(H,30,33)/t22-/m1/s1. The fraction of sp³-hybridized carbons (Fsp3) is 0.320. The van der Waals surface area contributed by atoms with Gasteiger partial charge in [0, 0.05) is 35.0 Å². The highest BCUT2D eigenvalue weighted by Crippen LogP contribution is 2.23. The Morgan fingerprint density at radius 1 is 0.970 bits per heavy atom. The lowest BCUT2D eigenvalue weighted by Crippen LogP contribution is -2.54. The maximum absolute atomic E-state index is 13.2. The summed E-state index contributed by atoms with van der Waals surface area (Å²) in [6, 6.07) is 11.8. The number of halogens is 1. The minimum atomic E-state index is -0.951. The highest BCUT2D eigenvalue weighted by Gasteiger charge is 2.26. The van der Waals surface area contributed by atoms with Gasteiger partial charge in [0.25, 0.3) is 11.8 Å². The zero-order valence-electron chi connectivity index (χ0n) is 18.2. The lowest BCUT2D eigenvalue weighted by Gasteiger charge is -2.22. The molecule has 1 aromatic heterocycles. The van der Waals surface area contributed by atoms with Crippen LogP contribution in [0.5, 0.6) is 0 Å². The third-order valence-corrected chi connectivity index (χ3v) is 6.11. The number of hydrazine groups is 1. The minimum Gasteiger partial charge on any atom is -0.361 e. The van der Waals surface area contributed by atoms with Gasteiger partial charge in [-0.3, -0.25) is 25.2 Å². The third kappa shape index (κ3) is 5.58. The lowest BCUT2D eigenvalue weighted by molar-refractivity contribution is -0.132. The summed E-state index contributed by atoms with van der Waals surface area (Å²) in [5.41, 5.74) is 7.01. The van der Waals surface area contributed by atoms with E-state index in [0.717, 1.165) is 48.6 Å². The molecule has 0 unspecified atom stereocenters. The Bertz CT molecular complexity index is 1140. The van der Waals surface area contributed by atoms with Gasteiger partial charge in [-0.25, -0.2) is 4.39 Å². The largest absolute Gasteiger partial charge is 0.361 e. The van der Waals surface area contributed by atoms with Crippen molar-refractivity contribution in [3.05, 3.63) is 71.7 Å². The zero-order valence-corrected chi connectivity index (χ0v) is 18.2. The van der Waals surface area contributed by atoms with Gasteiger partial charge in [0.15, 0.2) is 0 Å². The molecule has 0 radical (unpaired) electrons. The molecule has 1 heterocycles. The Hall–Kier alpha value is -3.68. The second kappa shape index (κ2) is 10.3. The number of nitrogens with one attached hydrogen (secondary N) is 4. The molecular weight excluding hydrogens is 423 g/mol. The zero-order chi connectivity index (χ0) is 23.2. The molecule has 172 valence electrons. The van der Waals surface area contributed by atoms with Crippen LogP contribution in [0.4, 0.5) is 4.39 Å². The van der Waals surface area contributed by atoms with Gasteiger partial charge in [-0.1, -0.05) is 37.5 Å². The van der Waals surface area contributed by atoms with Crippen molar-refractivity contribution in [2.75, 3.05) is 0 Å². The Morgan fingerprint density at radius 3 is 2.45 bits per heavy atom. The molecule has 1 atom stereocenters. The van der Waals surface area contributed by atoms with Gasteiger partial charge in [-0.15, -0.1) is 0 Å². The van der Waals surface area contributed by atoms with Gasteiger partial charge < -0.3 is 10.3 Å². The van der Waals surface area contributed by atoms with Gasteiger partial charge >= 0.3 is 0 Å². The molecule has 0 spiro atoms. The van der Waals surface area contributed by atoms with E-state index in [1.165, 1.54) is 24.3 Å². The summed E-state index contributed by atoms with van der Waals surface area (Å²) in [6.07, 6.45) is 6.76. The van der Waals surface area contributed by atoms with Crippen molar-refractivity contribution in [3.8, 4) is 0 Å². The molecule has 4 rings (SSSR count). The van der Waals surface area contributed by atoms with Crippen molar-refractivity contribution < 1.29 is 18.8 Å². The average Bonchev–Trinajstić information content (AvgIpc) is 3.25. The predicted octanol–water partition coefficient (Wildman–Crippen LogP) is 3.38. The number of aromatic amines is 1. The molecular formula is C25H27FN4O3. The number of aromatic nitrogens is 1. The van der Waals surface area contributed by atoms with E-state index < -0.39 is 23.7 Å². The maximum Gasteiger partial charge on any atom is 0.261 e. The first-order valence-electron chi connectivity index (χ1n) is 11.2. The Kier molecular flexibility index (Phi) is 7.02. The van der Waals surface area contributed by atoms with E-state index in [9.17, 15) is 18.8 Å². The second-order valence-electron chi connectivity index (χ2n) is 8.41. The summed E-state index contributed by atoms with van der Waals surface area (Å²) in [6.45, 7) is 0. The molecule has 1 aliphatic rings. The van der Waals surface area contributed by atoms with Crippen molar-refractivity contribution in [1.82, 2.24) is 21.2 Å². The number of amides is 3. The SMILES string of the molecule is O=C(N[C@H](Cc1c[nH]c2ccccc12)C(=O)NNC(=O)C1CCCCC1)c1ccc(F)cc1. The molecule has 0 bridgehead atoms. The molecule has 1 fully saturated rings. The van der Waals surface area contributed by atoms with Crippen LogP contribution in [0.15, 0.2) is 54.7 Å². The smallest absolute Gasteiger partial charge is 0.261 e. The highest BCUT2D eigenvalue weighted by molar-refractivity contribution is 5.98. The second-order valence-corrected chi connectivity index (χ2v) is 8.41. The molecule has 8 heteroatoms. The van der Waals surface area contributed by atoms with E-state index in [2.05, 4.69) is 21.2 Å². The summed E-state index contributed by atoms with van der Waals surface area (Å²) in [4.78, 5) is 41.3. The molecule has 2 aromatic carbocycles. The fourth-order valence-electron chi connectivity index (χ4n) is 4.25. The molecule has 7 nitrogen and oxygen atoms in total. The number of rotatable bonds is 6. The molecule has 4 N–H and O–H groups in total. The average molecular weight is 451 g/mol. The molecule has 3 aromatic rings. The van der Waals surface area contributed by atoms with Gasteiger partial charge in [-0.2, -0.15) is 0 Å². The minimum absolute atomic E-state index is 0.111. The molecule has 3 amide bonds. The van der Waals surface area contributed by atoms with Gasteiger partial charge in [-0.05, 0) is 48.7 Å². The van der Waals surface area contributed by atoms with Crippen molar-refractivity contribution in [3.63, 3.8) is 0 Å². The van der Waals surface area contributed by atoms with E-state index >= 15 is 0 Å². The van der Waals surface area contributed by atoms with E-state index in [1.54, 1.807) is 6.20 Å². The monoisotopic (exact) mass is 450 g/mol. The van der Waals surface area contributed by atoms with Crippen molar-refractivity contribution >= 4 is 28.6 Å². The van der Waals surface area contributed by atoms with E-state index in [-0.39, 0.29) is 23.8 Å². The highest BCUT2D eigenvalue weighted by atomic mass is 19.1. The van der Waals surface area contributed by atoms with E-state index in [1.807, 2.05) is 24.3 Å². The van der Waals surface area contributed by atoms with Crippen LogP contribution in [0, 0.1) is 11.7 Å². The molecule has 33 heavy (non-hydrogen) atoms. The summed E-state index contributed by atoms with van der Waals surface area (Å²) >= 11 is 0. The van der Waals surface area contributed by atoms with Gasteiger partial charge in [0.05, 0.1) is 0 Å². The van der Waals surface area contributed by atoms with Crippen LogP contribution < -0.4 is 16.2 Å². The number of hydrogen-bond acceptors (Lipinski definition) is 3. The third-order valence-electron chi connectivity index (χ3n) is 6.11. The van der Waals surface area contributed by atoms with Crippen LogP contribution >= 0.6 is 0 Å². The first-order valence-corrected chi connectivity index (χ1v) is 11.2. The first kappa shape index (κ1) is 22.5. The summed E-state index contributed by atoms with van der Waals surface area (Å²) < 4.78 is 13.2. The van der Waals surface area contributed by atoms with Crippen molar-refractivity contribution in [1.29, 1.82) is 0 Å². The van der Waals surface area contributed by atoms with Crippen LogP contribution in [-0.2, 0) is 16.0 Å². The quantitative estimate of drug-likeness (QED) is 0.433. The normalized spacial score (nSPS) is 15.1. The Balaban J connectivity index is 1.48. The summed E-state index contributed by atoms with van der Waals surface area (Å²) in [5.74, 6) is -1.81. The number of H-pyrrole nitrogens is 1.